The van der Waals surface area contributed by atoms with Gasteiger partial charge < -0.3 is 15.2 Å². The zero-order chi connectivity index (χ0) is 11.2. The summed E-state index contributed by atoms with van der Waals surface area (Å²) in [5, 5.41) is 11.6. The van der Waals surface area contributed by atoms with E-state index in [4.69, 9.17) is 9.84 Å². The number of ether oxygens (including phenoxy) is 1. The molecule has 14 heavy (non-hydrogen) atoms. The number of hydrogen-bond donors (Lipinski definition) is 2. The largest absolute Gasteiger partial charge is 0.391 e. The van der Waals surface area contributed by atoms with Gasteiger partial charge in [0.15, 0.2) is 0 Å². The number of aliphatic hydroxyl groups is 1. The molecule has 0 radical (unpaired) electrons. The summed E-state index contributed by atoms with van der Waals surface area (Å²) in [6, 6.07) is 0. The van der Waals surface area contributed by atoms with Crippen molar-refractivity contribution >= 4 is 0 Å². The highest BCUT2D eigenvalue weighted by atomic mass is 16.5. The Hall–Kier alpha value is -0.120. The number of unbranched alkanes of at least 4 members (excludes halogenated alkanes) is 3. The molecule has 0 aromatic rings. The van der Waals surface area contributed by atoms with E-state index in [-0.39, 0.29) is 6.10 Å². The molecule has 0 fully saturated rings. The zero-order valence-corrected chi connectivity index (χ0v) is 10.2. The molecule has 0 saturated carbocycles. The molecule has 0 aliphatic rings. The second-order valence-corrected chi connectivity index (χ2v) is 3.48. The summed E-state index contributed by atoms with van der Waals surface area (Å²) in [4.78, 5) is 0. The van der Waals surface area contributed by atoms with Crippen molar-refractivity contribution in [2.75, 3.05) is 27.3 Å². The van der Waals surface area contributed by atoms with Gasteiger partial charge in [-0.15, -0.1) is 0 Å². The molecule has 0 saturated heterocycles. The third-order valence-electron chi connectivity index (χ3n) is 1.50. The minimum absolute atomic E-state index is 0.318. The van der Waals surface area contributed by atoms with Crippen LogP contribution in [0.1, 0.15) is 39.5 Å². The normalized spacial score (nSPS) is 11.8. The summed E-state index contributed by atoms with van der Waals surface area (Å²) in [6.07, 6.45) is 4.60. The van der Waals surface area contributed by atoms with Gasteiger partial charge in [0, 0.05) is 6.61 Å². The predicted molar refractivity (Wildman–Crippen MR) is 61.6 cm³/mol. The molecule has 0 aromatic carbocycles. The van der Waals surface area contributed by atoms with Crippen LogP contribution in [0, 0.1) is 0 Å². The highest BCUT2D eigenvalue weighted by molar-refractivity contribution is 4.43. The molecule has 1 atom stereocenters. The second-order valence-electron chi connectivity index (χ2n) is 3.48. The standard InChI is InChI=1S/C9H20O2.C2H7N/c1-3-4-5-6-7-11-8-9(2)10;1-3-2/h9-10H,3-8H2,1-2H3;3H,1-2H3. The average Bonchev–Trinajstić information content (AvgIpc) is 2.12. The van der Waals surface area contributed by atoms with E-state index in [1.165, 1.54) is 19.3 Å². The van der Waals surface area contributed by atoms with Gasteiger partial charge >= 0.3 is 0 Å². The molecular weight excluding hydrogens is 178 g/mol. The molecule has 0 spiro atoms. The van der Waals surface area contributed by atoms with Crippen LogP contribution in [0.15, 0.2) is 0 Å². The molecule has 2 N–H and O–H groups in total. The maximum Gasteiger partial charge on any atom is 0.0745 e. The summed E-state index contributed by atoms with van der Waals surface area (Å²) in [5.74, 6) is 0. The molecule has 88 valence electrons. The van der Waals surface area contributed by atoms with Crippen molar-refractivity contribution in [2.24, 2.45) is 0 Å². The van der Waals surface area contributed by atoms with Crippen LogP contribution in [0.3, 0.4) is 0 Å². The fourth-order valence-corrected chi connectivity index (χ4v) is 0.885. The zero-order valence-electron chi connectivity index (χ0n) is 10.2. The van der Waals surface area contributed by atoms with Crippen LogP contribution >= 0.6 is 0 Å². The van der Waals surface area contributed by atoms with E-state index in [1.807, 2.05) is 14.1 Å². The molecule has 0 bridgehead atoms. The molecule has 3 nitrogen and oxygen atoms in total. The summed E-state index contributed by atoms with van der Waals surface area (Å²) in [5.41, 5.74) is 0. The highest BCUT2D eigenvalue weighted by Crippen LogP contribution is 1.98. The Balaban J connectivity index is 0. The average molecular weight is 205 g/mol. The molecule has 0 rings (SSSR count). The van der Waals surface area contributed by atoms with Gasteiger partial charge in [-0.25, -0.2) is 0 Å². The Morgan fingerprint density at radius 3 is 2.21 bits per heavy atom. The minimum atomic E-state index is -0.318. The van der Waals surface area contributed by atoms with E-state index < -0.39 is 0 Å². The molecule has 0 heterocycles. The summed E-state index contributed by atoms with van der Waals surface area (Å²) >= 11 is 0. The number of hydrogen-bond acceptors (Lipinski definition) is 3. The topological polar surface area (TPSA) is 41.5 Å². The Morgan fingerprint density at radius 1 is 1.21 bits per heavy atom. The van der Waals surface area contributed by atoms with Crippen molar-refractivity contribution in [3.05, 3.63) is 0 Å². The van der Waals surface area contributed by atoms with Gasteiger partial charge in [-0.1, -0.05) is 26.2 Å². The van der Waals surface area contributed by atoms with E-state index in [2.05, 4.69) is 12.2 Å². The van der Waals surface area contributed by atoms with Crippen LogP contribution in [-0.2, 0) is 4.74 Å². The smallest absolute Gasteiger partial charge is 0.0745 e. The van der Waals surface area contributed by atoms with E-state index in [0.717, 1.165) is 13.0 Å². The molecule has 0 aromatic heterocycles. The molecule has 0 aliphatic carbocycles. The lowest BCUT2D eigenvalue weighted by molar-refractivity contribution is 0.0445. The van der Waals surface area contributed by atoms with Crippen molar-refractivity contribution in [2.45, 2.75) is 45.6 Å². The lowest BCUT2D eigenvalue weighted by Crippen LogP contribution is -2.10. The van der Waals surface area contributed by atoms with Crippen molar-refractivity contribution in [1.82, 2.24) is 5.32 Å². The van der Waals surface area contributed by atoms with Gasteiger partial charge in [-0.3, -0.25) is 0 Å². The summed E-state index contributed by atoms with van der Waals surface area (Å²) < 4.78 is 5.19. The number of aliphatic hydroxyl groups excluding tert-OH is 1. The Labute approximate surface area is 88.9 Å². The fourth-order valence-electron chi connectivity index (χ4n) is 0.885. The molecule has 0 aliphatic heterocycles. The van der Waals surface area contributed by atoms with Gasteiger partial charge in [0.2, 0.25) is 0 Å². The van der Waals surface area contributed by atoms with Crippen LogP contribution in [0.2, 0.25) is 0 Å². The monoisotopic (exact) mass is 205 g/mol. The van der Waals surface area contributed by atoms with Crippen LogP contribution < -0.4 is 5.32 Å². The maximum absolute atomic E-state index is 8.83. The third-order valence-corrected chi connectivity index (χ3v) is 1.50. The van der Waals surface area contributed by atoms with Crippen molar-refractivity contribution < 1.29 is 9.84 Å². The quantitative estimate of drug-likeness (QED) is 0.623. The van der Waals surface area contributed by atoms with E-state index >= 15 is 0 Å². The predicted octanol–water partition coefficient (Wildman–Crippen LogP) is 1.80. The molecule has 1 unspecified atom stereocenters. The maximum atomic E-state index is 8.83. The van der Waals surface area contributed by atoms with Gasteiger partial charge in [0.05, 0.1) is 12.7 Å². The first-order chi connectivity index (χ1) is 6.68. The molecular formula is C11H27NO2. The Morgan fingerprint density at radius 2 is 1.79 bits per heavy atom. The lowest BCUT2D eigenvalue weighted by atomic mass is 10.2. The minimum Gasteiger partial charge on any atom is -0.391 e. The van der Waals surface area contributed by atoms with Gasteiger partial charge in [-0.05, 0) is 27.4 Å². The van der Waals surface area contributed by atoms with Gasteiger partial charge in [-0.2, -0.15) is 0 Å². The van der Waals surface area contributed by atoms with Crippen LogP contribution in [0.25, 0.3) is 0 Å². The number of rotatable bonds is 7. The first-order valence-electron chi connectivity index (χ1n) is 5.53. The van der Waals surface area contributed by atoms with Crippen molar-refractivity contribution in [1.29, 1.82) is 0 Å². The van der Waals surface area contributed by atoms with E-state index in [1.54, 1.807) is 6.92 Å². The van der Waals surface area contributed by atoms with Crippen LogP contribution in [-0.4, -0.2) is 38.5 Å². The van der Waals surface area contributed by atoms with Crippen molar-refractivity contribution in [3.8, 4) is 0 Å². The summed E-state index contributed by atoms with van der Waals surface area (Å²) in [7, 11) is 3.75. The second kappa shape index (κ2) is 15.4. The van der Waals surface area contributed by atoms with Crippen LogP contribution in [0.5, 0.6) is 0 Å². The molecule has 3 heteroatoms. The first-order valence-corrected chi connectivity index (χ1v) is 5.53. The third kappa shape index (κ3) is 22.6. The highest BCUT2D eigenvalue weighted by Gasteiger charge is 1.94. The van der Waals surface area contributed by atoms with E-state index in [0.29, 0.717) is 6.61 Å². The van der Waals surface area contributed by atoms with Crippen LogP contribution in [0.4, 0.5) is 0 Å². The van der Waals surface area contributed by atoms with Gasteiger partial charge in [0.1, 0.15) is 0 Å². The SMILES string of the molecule is CCCCCCOCC(C)O.CNC. The Bertz CT molecular complexity index is 87.4. The number of nitrogens with one attached hydrogen (secondary N) is 1. The summed E-state index contributed by atoms with van der Waals surface area (Å²) in [6.45, 7) is 5.21. The van der Waals surface area contributed by atoms with Crippen molar-refractivity contribution in [3.63, 3.8) is 0 Å². The van der Waals surface area contributed by atoms with E-state index in [9.17, 15) is 0 Å². The Kier molecular flexibility index (Phi) is 17.9. The first kappa shape index (κ1) is 16.3. The fraction of sp³-hybridized carbons (Fsp3) is 1.00. The lowest BCUT2D eigenvalue weighted by Gasteiger charge is -2.05. The van der Waals surface area contributed by atoms with Gasteiger partial charge in [0.25, 0.3) is 0 Å². The molecule has 0 amide bonds.